The number of fused-ring (bicyclic) bond motifs is 3. The molecule has 1 aliphatic heterocycles. The number of aromatic amines is 1. The number of aromatic nitrogens is 3. The molecule has 0 saturated carbocycles. The van der Waals surface area contributed by atoms with Crippen molar-refractivity contribution in [3.63, 3.8) is 0 Å². The summed E-state index contributed by atoms with van der Waals surface area (Å²) in [7, 11) is 0. The number of hydrogen-bond donors (Lipinski definition) is 1. The standard InChI is InChI=1S/C19H21ClN4O/c1-12-17(13(2)22-21-12)4-6-19(25)23-7-8-24-16(11-23)10-14-9-15(20)3-5-18(14)24/h3,5,9-10H,4,6-8,11H2,1-2H3,(H,21,22). The number of amides is 1. The second-order valence-corrected chi connectivity index (χ2v) is 7.15. The van der Waals surface area contributed by atoms with Gasteiger partial charge in [0, 0.05) is 46.8 Å². The molecule has 1 aromatic carbocycles. The normalized spacial score (nSPS) is 14.1. The second kappa shape index (κ2) is 6.23. The van der Waals surface area contributed by atoms with Crippen molar-refractivity contribution in [2.24, 2.45) is 0 Å². The first-order chi connectivity index (χ1) is 12.0. The molecule has 0 spiro atoms. The van der Waals surface area contributed by atoms with Crippen LogP contribution in [0, 0.1) is 13.8 Å². The Hall–Kier alpha value is -2.27. The highest BCUT2D eigenvalue weighted by Gasteiger charge is 2.22. The molecule has 1 N–H and O–H groups in total. The Balaban J connectivity index is 1.48. The minimum absolute atomic E-state index is 0.203. The van der Waals surface area contributed by atoms with E-state index in [1.54, 1.807) is 0 Å². The third-order valence-corrected chi connectivity index (χ3v) is 5.35. The van der Waals surface area contributed by atoms with Gasteiger partial charge in [0.05, 0.1) is 12.2 Å². The van der Waals surface area contributed by atoms with E-state index in [-0.39, 0.29) is 5.91 Å². The van der Waals surface area contributed by atoms with Crippen LogP contribution in [-0.4, -0.2) is 32.1 Å². The molecule has 130 valence electrons. The van der Waals surface area contributed by atoms with Crippen LogP contribution in [0.1, 0.15) is 29.1 Å². The first-order valence-electron chi connectivity index (χ1n) is 8.59. The Kier molecular flexibility index (Phi) is 4.04. The van der Waals surface area contributed by atoms with Crippen molar-refractivity contribution in [3.8, 4) is 0 Å². The highest BCUT2D eigenvalue weighted by Crippen LogP contribution is 2.27. The second-order valence-electron chi connectivity index (χ2n) is 6.72. The zero-order valence-corrected chi connectivity index (χ0v) is 15.2. The number of carbonyl (C=O) groups excluding carboxylic acids is 1. The number of benzene rings is 1. The molecule has 0 bridgehead atoms. The third-order valence-electron chi connectivity index (χ3n) is 5.12. The highest BCUT2D eigenvalue weighted by molar-refractivity contribution is 6.31. The number of nitrogens with one attached hydrogen (secondary N) is 1. The summed E-state index contributed by atoms with van der Waals surface area (Å²) in [6.45, 7) is 6.23. The van der Waals surface area contributed by atoms with E-state index in [1.165, 1.54) is 11.2 Å². The summed E-state index contributed by atoms with van der Waals surface area (Å²) in [4.78, 5) is 14.6. The summed E-state index contributed by atoms with van der Waals surface area (Å²) >= 11 is 6.10. The van der Waals surface area contributed by atoms with Gasteiger partial charge in [-0.3, -0.25) is 9.89 Å². The molecular formula is C19H21ClN4O. The Bertz CT molecular complexity index is 936. The summed E-state index contributed by atoms with van der Waals surface area (Å²) in [6.07, 6.45) is 1.26. The average Bonchev–Trinajstić information content (AvgIpc) is 3.11. The van der Waals surface area contributed by atoms with Gasteiger partial charge < -0.3 is 9.47 Å². The van der Waals surface area contributed by atoms with Crippen LogP contribution in [0.2, 0.25) is 5.02 Å². The van der Waals surface area contributed by atoms with Crippen LogP contribution >= 0.6 is 11.6 Å². The molecule has 25 heavy (non-hydrogen) atoms. The largest absolute Gasteiger partial charge is 0.341 e. The summed E-state index contributed by atoms with van der Waals surface area (Å²) in [5.74, 6) is 0.203. The van der Waals surface area contributed by atoms with Crippen molar-refractivity contribution in [1.82, 2.24) is 19.7 Å². The Morgan fingerprint density at radius 3 is 2.88 bits per heavy atom. The average molecular weight is 357 g/mol. The zero-order valence-electron chi connectivity index (χ0n) is 14.5. The van der Waals surface area contributed by atoms with E-state index in [2.05, 4.69) is 26.9 Å². The van der Waals surface area contributed by atoms with Gasteiger partial charge >= 0.3 is 0 Å². The molecule has 3 heterocycles. The van der Waals surface area contributed by atoms with Gasteiger partial charge in [-0.1, -0.05) is 11.6 Å². The topological polar surface area (TPSA) is 53.9 Å². The lowest BCUT2D eigenvalue weighted by atomic mass is 10.1. The maximum atomic E-state index is 12.7. The van der Waals surface area contributed by atoms with Gasteiger partial charge in [-0.2, -0.15) is 5.10 Å². The van der Waals surface area contributed by atoms with Crippen molar-refractivity contribution in [1.29, 1.82) is 0 Å². The summed E-state index contributed by atoms with van der Waals surface area (Å²) < 4.78 is 2.29. The van der Waals surface area contributed by atoms with Crippen LogP contribution in [0.4, 0.5) is 0 Å². The number of aryl methyl sites for hydroxylation is 2. The van der Waals surface area contributed by atoms with Gasteiger partial charge in [0.2, 0.25) is 5.91 Å². The first kappa shape index (κ1) is 16.2. The van der Waals surface area contributed by atoms with E-state index in [4.69, 9.17) is 11.6 Å². The van der Waals surface area contributed by atoms with Gasteiger partial charge in [0.1, 0.15) is 0 Å². The smallest absolute Gasteiger partial charge is 0.223 e. The van der Waals surface area contributed by atoms with Crippen LogP contribution in [0.15, 0.2) is 24.3 Å². The number of nitrogens with zero attached hydrogens (tertiary/aromatic N) is 3. The van der Waals surface area contributed by atoms with Gasteiger partial charge in [-0.15, -0.1) is 0 Å². The Labute approximate surface area is 151 Å². The quantitative estimate of drug-likeness (QED) is 0.779. The summed E-state index contributed by atoms with van der Waals surface area (Å²) in [5.41, 5.74) is 5.57. The number of halogens is 1. The Morgan fingerprint density at radius 1 is 1.28 bits per heavy atom. The van der Waals surface area contributed by atoms with Gasteiger partial charge in [-0.25, -0.2) is 0 Å². The molecule has 3 aromatic rings. The Morgan fingerprint density at radius 2 is 2.12 bits per heavy atom. The van der Waals surface area contributed by atoms with Crippen LogP contribution in [0.25, 0.3) is 10.9 Å². The molecule has 6 heteroatoms. The minimum Gasteiger partial charge on any atom is -0.341 e. The van der Waals surface area contributed by atoms with Crippen molar-refractivity contribution in [2.45, 2.75) is 39.8 Å². The molecule has 0 fully saturated rings. The van der Waals surface area contributed by atoms with Gasteiger partial charge in [-0.05, 0) is 50.1 Å². The molecule has 0 atom stereocenters. The fourth-order valence-corrected chi connectivity index (χ4v) is 3.92. The number of carbonyl (C=O) groups is 1. The molecule has 1 amide bonds. The van der Waals surface area contributed by atoms with Crippen molar-refractivity contribution < 1.29 is 4.79 Å². The summed E-state index contributed by atoms with van der Waals surface area (Å²) in [5, 5.41) is 9.07. The molecule has 0 saturated heterocycles. The predicted molar refractivity (Wildman–Crippen MR) is 98.7 cm³/mol. The maximum Gasteiger partial charge on any atom is 0.223 e. The van der Waals surface area contributed by atoms with E-state index in [9.17, 15) is 4.79 Å². The fourth-order valence-electron chi connectivity index (χ4n) is 3.73. The van der Waals surface area contributed by atoms with Crippen molar-refractivity contribution in [2.75, 3.05) is 6.54 Å². The zero-order chi connectivity index (χ0) is 17.6. The number of rotatable bonds is 3. The SMILES string of the molecule is Cc1n[nH]c(C)c1CCC(=O)N1CCn2c(cc3cc(Cl)ccc32)C1. The van der Waals surface area contributed by atoms with Crippen LogP contribution in [0.3, 0.4) is 0 Å². The van der Waals surface area contributed by atoms with Crippen LogP contribution in [-0.2, 0) is 24.3 Å². The minimum atomic E-state index is 0.203. The van der Waals surface area contributed by atoms with E-state index >= 15 is 0 Å². The van der Waals surface area contributed by atoms with E-state index in [0.717, 1.165) is 46.9 Å². The molecule has 2 aromatic heterocycles. The molecule has 1 aliphatic rings. The van der Waals surface area contributed by atoms with Gasteiger partial charge in [0.25, 0.3) is 0 Å². The van der Waals surface area contributed by atoms with E-state index in [1.807, 2.05) is 30.9 Å². The van der Waals surface area contributed by atoms with Gasteiger partial charge in [0.15, 0.2) is 0 Å². The molecule has 5 nitrogen and oxygen atoms in total. The molecular weight excluding hydrogens is 336 g/mol. The third kappa shape index (κ3) is 2.93. The maximum absolute atomic E-state index is 12.7. The monoisotopic (exact) mass is 356 g/mol. The summed E-state index contributed by atoms with van der Waals surface area (Å²) in [6, 6.07) is 8.11. The first-order valence-corrected chi connectivity index (χ1v) is 8.96. The lowest BCUT2D eigenvalue weighted by molar-refractivity contribution is -0.132. The van der Waals surface area contributed by atoms with Crippen molar-refractivity contribution >= 4 is 28.4 Å². The molecule has 0 radical (unpaired) electrons. The lowest BCUT2D eigenvalue weighted by Crippen LogP contribution is -2.38. The fraction of sp³-hybridized carbons (Fsp3) is 0.368. The van der Waals surface area contributed by atoms with E-state index < -0.39 is 0 Å². The van der Waals surface area contributed by atoms with Crippen molar-refractivity contribution in [3.05, 3.63) is 51.9 Å². The molecule has 4 rings (SSSR count). The molecule has 0 aliphatic carbocycles. The van der Waals surface area contributed by atoms with Crippen LogP contribution < -0.4 is 0 Å². The predicted octanol–water partition coefficient (Wildman–Crippen LogP) is 3.61. The van der Waals surface area contributed by atoms with E-state index in [0.29, 0.717) is 13.0 Å². The number of hydrogen-bond acceptors (Lipinski definition) is 2. The lowest BCUT2D eigenvalue weighted by Gasteiger charge is -2.29. The van der Waals surface area contributed by atoms with Crippen LogP contribution in [0.5, 0.6) is 0 Å². The molecule has 0 unspecified atom stereocenters. The highest BCUT2D eigenvalue weighted by atomic mass is 35.5. The number of H-pyrrole nitrogens is 1.